The van der Waals surface area contributed by atoms with Crippen LogP contribution in [-0.2, 0) is 27.5 Å². The molecule has 0 bridgehead atoms. The summed E-state index contributed by atoms with van der Waals surface area (Å²) in [5.74, 6) is -3.07. The van der Waals surface area contributed by atoms with Crippen molar-refractivity contribution in [2.75, 3.05) is 18.5 Å². The number of anilines is 1. The minimum atomic E-state index is -4.99. The molecular weight excluding hydrogens is 490 g/mol. The lowest BCUT2D eigenvalue weighted by Gasteiger charge is -2.15. The van der Waals surface area contributed by atoms with Crippen molar-refractivity contribution in [2.45, 2.75) is 19.5 Å². The summed E-state index contributed by atoms with van der Waals surface area (Å²) in [4.78, 5) is 47.2. The van der Waals surface area contributed by atoms with E-state index in [0.29, 0.717) is 6.07 Å². The van der Waals surface area contributed by atoms with Gasteiger partial charge in [0.15, 0.2) is 0 Å². The molecule has 0 aliphatic heterocycles. The lowest BCUT2D eigenvalue weighted by molar-refractivity contribution is -0.144. The van der Waals surface area contributed by atoms with Crippen molar-refractivity contribution in [3.8, 4) is 5.69 Å². The largest absolute Gasteiger partial charge is 0.478 e. The highest BCUT2D eigenvalue weighted by atomic mass is 35.5. The second-order valence-electron chi connectivity index (χ2n) is 6.88. The molecule has 1 aromatic carbocycles. The van der Waals surface area contributed by atoms with Crippen molar-refractivity contribution in [1.29, 1.82) is 0 Å². The number of carbonyl (C=O) groups excluding carboxylic acids is 1. The first-order valence-electron chi connectivity index (χ1n) is 9.43. The maximum atomic E-state index is 14.5. The summed E-state index contributed by atoms with van der Waals surface area (Å²) in [7, 11) is 0.775. The van der Waals surface area contributed by atoms with Gasteiger partial charge < -0.3 is 15.2 Å². The van der Waals surface area contributed by atoms with Crippen LogP contribution in [-0.4, -0.2) is 39.3 Å². The van der Waals surface area contributed by atoms with Crippen LogP contribution in [0.1, 0.15) is 19.0 Å². The molecule has 14 heteroatoms. The summed E-state index contributed by atoms with van der Waals surface area (Å²) in [6, 6.07) is 1.76. The molecule has 0 spiro atoms. The number of carboxylic acids is 1. The molecule has 9 nitrogen and oxygen atoms in total. The monoisotopic (exact) mass is 507 g/mol. The van der Waals surface area contributed by atoms with Gasteiger partial charge in [0, 0.05) is 25.1 Å². The molecule has 184 valence electrons. The van der Waals surface area contributed by atoms with E-state index in [2.05, 4.69) is 5.32 Å². The summed E-state index contributed by atoms with van der Waals surface area (Å²) in [6.07, 6.45) is -3.49. The van der Waals surface area contributed by atoms with Gasteiger partial charge in [0.2, 0.25) is 0 Å². The van der Waals surface area contributed by atoms with Gasteiger partial charge in [-0.05, 0) is 19.1 Å². The highest BCUT2D eigenvalue weighted by molar-refractivity contribution is 6.33. The lowest BCUT2D eigenvalue weighted by Crippen LogP contribution is -2.41. The molecule has 2 N–H and O–H groups in total. The SMILES string of the molecule is CC(=CCCOC(=O)CNc1cc(-n2c(=O)cc(C(F)(F)F)n(C)c2=O)c(F)cc1Cl)C(=O)O. The Morgan fingerprint density at radius 3 is 2.47 bits per heavy atom. The maximum absolute atomic E-state index is 14.5. The molecule has 0 aliphatic rings. The van der Waals surface area contributed by atoms with Gasteiger partial charge in [-0.1, -0.05) is 17.7 Å². The van der Waals surface area contributed by atoms with Gasteiger partial charge >= 0.3 is 23.8 Å². The van der Waals surface area contributed by atoms with Gasteiger partial charge in [-0.3, -0.25) is 14.2 Å². The van der Waals surface area contributed by atoms with Crippen molar-refractivity contribution in [3.63, 3.8) is 0 Å². The van der Waals surface area contributed by atoms with E-state index in [9.17, 15) is 36.7 Å². The molecule has 0 unspecified atom stereocenters. The van der Waals surface area contributed by atoms with E-state index < -0.39 is 53.1 Å². The summed E-state index contributed by atoms with van der Waals surface area (Å²) in [6.45, 7) is 0.770. The third kappa shape index (κ3) is 6.25. The molecule has 1 heterocycles. The third-order valence-electron chi connectivity index (χ3n) is 4.48. The zero-order chi connectivity index (χ0) is 25.8. The molecule has 1 aromatic heterocycles. The van der Waals surface area contributed by atoms with E-state index in [1.807, 2.05) is 0 Å². The fraction of sp³-hybridized carbons (Fsp3) is 0.300. The normalized spacial score (nSPS) is 11.9. The number of aliphatic carboxylic acids is 1. The lowest BCUT2D eigenvalue weighted by atomic mass is 10.2. The average molecular weight is 508 g/mol. The molecule has 0 radical (unpaired) electrons. The minimum Gasteiger partial charge on any atom is -0.478 e. The Morgan fingerprint density at radius 1 is 1.24 bits per heavy atom. The second-order valence-corrected chi connectivity index (χ2v) is 7.29. The van der Waals surface area contributed by atoms with Crippen LogP contribution in [0.25, 0.3) is 5.69 Å². The number of nitrogens with one attached hydrogen (secondary N) is 1. The molecule has 2 aromatic rings. The number of rotatable bonds is 8. The number of benzene rings is 1. The Morgan fingerprint density at radius 2 is 1.88 bits per heavy atom. The van der Waals surface area contributed by atoms with Crippen molar-refractivity contribution >= 4 is 29.2 Å². The van der Waals surface area contributed by atoms with Gasteiger partial charge in [0.1, 0.15) is 18.1 Å². The number of esters is 1. The number of nitrogens with zero attached hydrogens (tertiary/aromatic N) is 2. The highest BCUT2D eigenvalue weighted by Crippen LogP contribution is 2.28. The van der Waals surface area contributed by atoms with Crippen LogP contribution < -0.4 is 16.6 Å². The molecule has 0 atom stereocenters. The molecule has 0 saturated heterocycles. The number of aromatic nitrogens is 2. The number of carbonyl (C=O) groups is 2. The van der Waals surface area contributed by atoms with E-state index >= 15 is 0 Å². The Balaban J connectivity index is 2.25. The topological polar surface area (TPSA) is 120 Å². The van der Waals surface area contributed by atoms with E-state index in [1.54, 1.807) is 0 Å². The Bertz CT molecular complexity index is 1270. The van der Waals surface area contributed by atoms with Crippen LogP contribution in [0.4, 0.5) is 23.2 Å². The number of alkyl halides is 3. The van der Waals surface area contributed by atoms with Crippen LogP contribution in [0.2, 0.25) is 5.02 Å². The number of hydrogen-bond donors (Lipinski definition) is 2. The van der Waals surface area contributed by atoms with Crippen LogP contribution in [0.15, 0.2) is 39.4 Å². The average Bonchev–Trinajstić information content (AvgIpc) is 2.73. The van der Waals surface area contributed by atoms with Gasteiger partial charge in [-0.25, -0.2) is 18.5 Å². The van der Waals surface area contributed by atoms with E-state index in [1.165, 1.54) is 13.0 Å². The van der Waals surface area contributed by atoms with E-state index in [4.69, 9.17) is 21.4 Å². The molecule has 0 amide bonds. The Kier molecular flexibility index (Phi) is 8.26. The van der Waals surface area contributed by atoms with Crippen LogP contribution >= 0.6 is 11.6 Å². The van der Waals surface area contributed by atoms with E-state index in [0.717, 1.165) is 13.1 Å². The predicted molar refractivity (Wildman–Crippen MR) is 113 cm³/mol. The van der Waals surface area contributed by atoms with Crippen molar-refractivity contribution < 1.29 is 37.0 Å². The molecule has 0 aliphatic carbocycles. The van der Waals surface area contributed by atoms with Crippen LogP contribution in [0, 0.1) is 5.82 Å². The van der Waals surface area contributed by atoms with Crippen molar-refractivity contribution in [2.24, 2.45) is 7.05 Å². The fourth-order valence-electron chi connectivity index (χ4n) is 2.72. The standard InChI is InChI=1S/C20H18ClF4N3O6/c1-10(18(31)32)4-3-5-34-17(30)9-26-13-7-14(12(22)6-11(13)21)28-16(29)8-15(20(23,24)25)27(2)19(28)33/h4,6-8,26H,3,5,9H2,1-2H3,(H,31,32). The summed E-state index contributed by atoms with van der Waals surface area (Å²) in [5, 5.41) is 11.0. The number of halogens is 5. The molecule has 2 rings (SSSR count). The van der Waals surface area contributed by atoms with Gasteiger partial charge in [-0.15, -0.1) is 0 Å². The van der Waals surface area contributed by atoms with Gasteiger partial charge in [0.05, 0.1) is 23.0 Å². The highest BCUT2D eigenvalue weighted by Gasteiger charge is 2.35. The van der Waals surface area contributed by atoms with E-state index in [-0.39, 0.29) is 44.5 Å². The number of carboxylic acid groups (broad SMARTS) is 1. The predicted octanol–water partition coefficient (Wildman–Crippen LogP) is 2.72. The Labute approximate surface area is 193 Å². The van der Waals surface area contributed by atoms with Crippen molar-refractivity contribution in [3.05, 3.63) is 67.2 Å². The quantitative estimate of drug-likeness (QED) is 0.244. The molecule has 0 saturated carbocycles. The fourth-order valence-corrected chi connectivity index (χ4v) is 2.93. The zero-order valence-electron chi connectivity index (χ0n) is 17.7. The molecule has 34 heavy (non-hydrogen) atoms. The molecular formula is C20H18ClF4N3O6. The summed E-state index contributed by atoms with van der Waals surface area (Å²) in [5.41, 5.74) is -5.10. The first kappa shape index (κ1) is 26.6. The Hall–Kier alpha value is -3.61. The summed E-state index contributed by atoms with van der Waals surface area (Å²) < 4.78 is 58.8. The van der Waals surface area contributed by atoms with Crippen molar-refractivity contribution in [1.82, 2.24) is 9.13 Å². The van der Waals surface area contributed by atoms with Crippen LogP contribution in [0.3, 0.4) is 0 Å². The summed E-state index contributed by atoms with van der Waals surface area (Å²) >= 11 is 5.92. The zero-order valence-corrected chi connectivity index (χ0v) is 18.5. The number of ether oxygens (including phenoxy) is 1. The van der Waals surface area contributed by atoms with Crippen LogP contribution in [0.5, 0.6) is 0 Å². The van der Waals surface area contributed by atoms with Gasteiger partial charge in [0.25, 0.3) is 5.56 Å². The number of hydrogen-bond acceptors (Lipinski definition) is 6. The smallest absolute Gasteiger partial charge is 0.431 e. The minimum absolute atomic E-state index is 0.0736. The maximum Gasteiger partial charge on any atom is 0.431 e. The first-order chi connectivity index (χ1) is 15.7. The molecule has 0 fully saturated rings. The van der Waals surface area contributed by atoms with Gasteiger partial charge in [-0.2, -0.15) is 13.2 Å². The first-order valence-corrected chi connectivity index (χ1v) is 9.81. The second kappa shape index (κ2) is 10.5. The third-order valence-corrected chi connectivity index (χ3v) is 4.79.